The van der Waals surface area contributed by atoms with Gasteiger partial charge in [0.25, 0.3) is 5.91 Å². The number of likely N-dealkylation sites (tertiary alicyclic amines) is 1. The van der Waals surface area contributed by atoms with Crippen molar-refractivity contribution in [2.45, 2.75) is 24.8 Å². The molecule has 32 heavy (non-hydrogen) atoms. The number of carbonyl (C=O) groups is 1. The van der Waals surface area contributed by atoms with Gasteiger partial charge in [0.15, 0.2) is 0 Å². The Bertz CT molecular complexity index is 1170. The normalized spacial score (nSPS) is 17.5. The first kappa shape index (κ1) is 21.4. The number of amides is 1. The molecule has 2 aliphatic heterocycles. The summed E-state index contributed by atoms with van der Waals surface area (Å²) in [7, 11) is 0. The zero-order valence-corrected chi connectivity index (χ0v) is 19.0. The highest BCUT2D eigenvalue weighted by Gasteiger charge is 2.46. The molecule has 1 fully saturated rings. The molecule has 3 aromatic carbocycles. The van der Waals surface area contributed by atoms with Crippen LogP contribution in [0.5, 0.6) is 0 Å². The first-order valence-corrected chi connectivity index (χ1v) is 11.5. The third-order valence-corrected chi connectivity index (χ3v) is 7.18. The second-order valence-corrected chi connectivity index (χ2v) is 9.62. The van der Waals surface area contributed by atoms with Gasteiger partial charge < -0.3 is 4.90 Å². The SMILES string of the molecule is O=C(c1cccc(Cl)c1)N1CC2(CCN(Cc3cccc(Cl)c3)CC2)c2cc(F)ccc21. The number of piperidine rings is 1. The van der Waals surface area contributed by atoms with Gasteiger partial charge in [-0.25, -0.2) is 4.39 Å². The summed E-state index contributed by atoms with van der Waals surface area (Å²) in [4.78, 5) is 17.6. The van der Waals surface area contributed by atoms with E-state index in [0.29, 0.717) is 17.1 Å². The van der Waals surface area contributed by atoms with Gasteiger partial charge in [-0.15, -0.1) is 0 Å². The molecule has 6 heteroatoms. The van der Waals surface area contributed by atoms with Crippen molar-refractivity contribution in [2.75, 3.05) is 24.5 Å². The van der Waals surface area contributed by atoms with Crippen LogP contribution in [0.3, 0.4) is 0 Å². The number of carbonyl (C=O) groups excluding carboxylic acids is 1. The molecule has 0 saturated carbocycles. The maximum absolute atomic E-state index is 14.3. The summed E-state index contributed by atoms with van der Waals surface area (Å²) in [5, 5.41) is 1.27. The predicted octanol–water partition coefficient (Wildman–Crippen LogP) is 6.33. The summed E-state index contributed by atoms with van der Waals surface area (Å²) >= 11 is 12.3. The van der Waals surface area contributed by atoms with E-state index in [1.54, 1.807) is 41.3 Å². The van der Waals surface area contributed by atoms with Crippen LogP contribution in [0.4, 0.5) is 10.1 Å². The Labute approximate surface area is 197 Å². The molecule has 0 radical (unpaired) electrons. The van der Waals surface area contributed by atoms with E-state index in [2.05, 4.69) is 11.0 Å². The van der Waals surface area contributed by atoms with E-state index < -0.39 is 0 Å². The average Bonchev–Trinajstić information content (AvgIpc) is 3.08. The molecule has 1 amide bonds. The Morgan fingerprint density at radius 2 is 1.66 bits per heavy atom. The fourth-order valence-electron chi connectivity index (χ4n) is 5.06. The number of halogens is 3. The summed E-state index contributed by atoms with van der Waals surface area (Å²) < 4.78 is 14.3. The fraction of sp³-hybridized carbons (Fsp3) is 0.269. The molecular formula is C26H23Cl2FN2O. The largest absolute Gasteiger partial charge is 0.307 e. The topological polar surface area (TPSA) is 23.6 Å². The van der Waals surface area contributed by atoms with Gasteiger partial charge in [0.05, 0.1) is 0 Å². The molecule has 164 valence electrons. The molecule has 2 aliphatic rings. The number of benzene rings is 3. The lowest BCUT2D eigenvalue weighted by Gasteiger charge is -2.40. The van der Waals surface area contributed by atoms with Gasteiger partial charge in [-0.1, -0.05) is 41.4 Å². The van der Waals surface area contributed by atoms with Crippen molar-refractivity contribution in [3.8, 4) is 0 Å². The smallest absolute Gasteiger partial charge is 0.258 e. The van der Waals surface area contributed by atoms with Crippen molar-refractivity contribution < 1.29 is 9.18 Å². The Morgan fingerprint density at radius 3 is 2.38 bits per heavy atom. The molecule has 3 nitrogen and oxygen atoms in total. The first-order valence-electron chi connectivity index (χ1n) is 10.8. The van der Waals surface area contributed by atoms with Crippen LogP contribution < -0.4 is 4.90 Å². The van der Waals surface area contributed by atoms with Gasteiger partial charge in [0, 0.05) is 39.8 Å². The van der Waals surface area contributed by atoms with E-state index in [0.717, 1.165) is 48.7 Å². The van der Waals surface area contributed by atoms with E-state index >= 15 is 0 Å². The van der Waals surface area contributed by atoms with Crippen molar-refractivity contribution in [2.24, 2.45) is 0 Å². The summed E-state index contributed by atoms with van der Waals surface area (Å²) in [6.07, 6.45) is 1.73. The standard InChI is InChI=1S/C26H23Cl2FN2O/c27-20-5-1-3-18(13-20)16-30-11-9-26(10-12-30)17-31(24-8-7-22(29)15-23(24)26)25(32)19-4-2-6-21(28)14-19/h1-8,13-15H,9-12,16-17H2. The first-order chi connectivity index (χ1) is 15.4. The van der Waals surface area contributed by atoms with Crippen LogP contribution >= 0.6 is 23.2 Å². The lowest BCUT2D eigenvalue weighted by Crippen LogP contribution is -2.45. The molecule has 0 atom stereocenters. The average molecular weight is 469 g/mol. The summed E-state index contributed by atoms with van der Waals surface area (Å²) in [5.41, 5.74) is 3.23. The molecule has 0 aromatic heterocycles. The van der Waals surface area contributed by atoms with Crippen LogP contribution in [0.2, 0.25) is 10.0 Å². The number of nitrogens with zero attached hydrogens (tertiary/aromatic N) is 2. The van der Waals surface area contributed by atoms with Crippen molar-refractivity contribution >= 4 is 34.8 Å². The van der Waals surface area contributed by atoms with E-state index in [1.807, 2.05) is 18.2 Å². The fourth-order valence-corrected chi connectivity index (χ4v) is 5.46. The number of rotatable bonds is 3. The van der Waals surface area contributed by atoms with Crippen LogP contribution in [0.15, 0.2) is 66.7 Å². The van der Waals surface area contributed by atoms with Gasteiger partial charge in [-0.3, -0.25) is 9.69 Å². The molecule has 0 aliphatic carbocycles. The minimum atomic E-state index is -0.262. The highest BCUT2D eigenvalue weighted by Crippen LogP contribution is 2.48. The molecule has 1 spiro atoms. The molecule has 0 N–H and O–H groups in total. The van der Waals surface area contributed by atoms with Crippen LogP contribution in [-0.4, -0.2) is 30.4 Å². The quantitative estimate of drug-likeness (QED) is 0.448. The van der Waals surface area contributed by atoms with Crippen LogP contribution in [0.1, 0.15) is 34.3 Å². The van der Waals surface area contributed by atoms with E-state index in [4.69, 9.17) is 23.2 Å². The third-order valence-electron chi connectivity index (χ3n) is 6.71. The van der Waals surface area contributed by atoms with Gasteiger partial charge in [-0.05, 0) is 85.6 Å². The Balaban J connectivity index is 1.39. The van der Waals surface area contributed by atoms with Crippen LogP contribution in [0, 0.1) is 5.82 Å². The van der Waals surface area contributed by atoms with Crippen molar-refractivity contribution in [3.05, 3.63) is 99.3 Å². The monoisotopic (exact) mass is 468 g/mol. The van der Waals surface area contributed by atoms with Gasteiger partial charge in [0.2, 0.25) is 0 Å². The highest BCUT2D eigenvalue weighted by molar-refractivity contribution is 6.31. The Hall–Kier alpha value is -2.40. The van der Waals surface area contributed by atoms with Crippen LogP contribution in [-0.2, 0) is 12.0 Å². The zero-order valence-electron chi connectivity index (χ0n) is 17.5. The second kappa shape index (κ2) is 8.51. The van der Waals surface area contributed by atoms with Crippen molar-refractivity contribution in [3.63, 3.8) is 0 Å². The molecule has 0 unspecified atom stereocenters. The van der Waals surface area contributed by atoms with Crippen molar-refractivity contribution in [1.82, 2.24) is 4.90 Å². The van der Waals surface area contributed by atoms with E-state index in [1.165, 1.54) is 11.6 Å². The molecule has 5 rings (SSSR count). The molecule has 0 bridgehead atoms. The number of hydrogen-bond donors (Lipinski definition) is 0. The maximum atomic E-state index is 14.3. The lowest BCUT2D eigenvalue weighted by atomic mass is 9.74. The van der Waals surface area contributed by atoms with Gasteiger partial charge in [-0.2, -0.15) is 0 Å². The molecule has 1 saturated heterocycles. The maximum Gasteiger partial charge on any atom is 0.258 e. The molecule has 2 heterocycles. The molecule has 3 aromatic rings. The summed E-state index contributed by atoms with van der Waals surface area (Å²) in [6.45, 7) is 3.14. The van der Waals surface area contributed by atoms with Gasteiger partial charge in [0.1, 0.15) is 5.82 Å². The Morgan fingerprint density at radius 1 is 0.938 bits per heavy atom. The lowest BCUT2D eigenvalue weighted by molar-refractivity contribution is 0.0975. The minimum Gasteiger partial charge on any atom is -0.307 e. The Kier molecular flexibility index (Phi) is 5.70. The van der Waals surface area contributed by atoms with Gasteiger partial charge >= 0.3 is 0 Å². The van der Waals surface area contributed by atoms with Crippen molar-refractivity contribution in [1.29, 1.82) is 0 Å². The van der Waals surface area contributed by atoms with E-state index in [-0.39, 0.29) is 17.1 Å². The highest BCUT2D eigenvalue weighted by atomic mass is 35.5. The second-order valence-electron chi connectivity index (χ2n) is 8.75. The third kappa shape index (κ3) is 4.03. The van der Waals surface area contributed by atoms with E-state index in [9.17, 15) is 9.18 Å². The number of hydrogen-bond acceptors (Lipinski definition) is 2. The number of anilines is 1. The summed E-state index contributed by atoms with van der Waals surface area (Å²) in [6, 6.07) is 19.7. The zero-order chi connectivity index (χ0) is 22.3. The number of fused-ring (bicyclic) bond motifs is 2. The predicted molar refractivity (Wildman–Crippen MR) is 127 cm³/mol. The summed E-state index contributed by atoms with van der Waals surface area (Å²) in [5.74, 6) is -0.361. The van der Waals surface area contributed by atoms with Crippen LogP contribution in [0.25, 0.3) is 0 Å². The minimum absolute atomic E-state index is 0.0985. The molecular weight excluding hydrogens is 446 g/mol.